The number of nitrogens with zero attached hydrogens (tertiary/aromatic N) is 7. The van der Waals surface area contributed by atoms with E-state index in [1.54, 1.807) is 4.90 Å². The molecule has 1 aromatic carbocycles. The summed E-state index contributed by atoms with van der Waals surface area (Å²) in [6.45, 7) is 0.632. The van der Waals surface area contributed by atoms with E-state index in [0.717, 1.165) is 6.20 Å². The third-order valence-electron chi connectivity index (χ3n) is 5.22. The fraction of sp³-hybridized carbons (Fsp3) is 0.278. The first-order valence-corrected chi connectivity index (χ1v) is 9.45. The van der Waals surface area contributed by atoms with Crippen LogP contribution < -0.4 is 15.2 Å². The van der Waals surface area contributed by atoms with Gasteiger partial charge in [0, 0.05) is 30.2 Å². The van der Waals surface area contributed by atoms with Crippen LogP contribution in [-0.2, 0) is 25.8 Å². The van der Waals surface area contributed by atoms with Gasteiger partial charge in [-0.05, 0) is 12.1 Å². The molecule has 33 heavy (non-hydrogen) atoms. The highest BCUT2D eigenvalue weighted by molar-refractivity contribution is 5.97. The van der Waals surface area contributed by atoms with Crippen molar-refractivity contribution in [1.29, 1.82) is 0 Å². The maximum Gasteiger partial charge on any atom is 0.586 e. The Morgan fingerprint density at radius 3 is 2.70 bits per heavy atom. The monoisotopic (exact) mass is 466 g/mol. The van der Waals surface area contributed by atoms with Gasteiger partial charge in [0.05, 0.1) is 12.2 Å². The number of fused-ring (bicyclic) bond motifs is 6. The van der Waals surface area contributed by atoms with Crippen LogP contribution in [0.25, 0.3) is 16.6 Å². The smallest absolute Gasteiger partial charge is 0.395 e. The minimum absolute atomic E-state index is 0.0390. The van der Waals surface area contributed by atoms with Crippen LogP contribution in [-0.4, -0.2) is 40.7 Å². The zero-order valence-corrected chi connectivity index (χ0v) is 16.3. The van der Waals surface area contributed by atoms with E-state index in [9.17, 15) is 22.0 Å². The van der Waals surface area contributed by atoms with Gasteiger partial charge in [-0.2, -0.15) is 17.7 Å². The third-order valence-corrected chi connectivity index (χ3v) is 5.22. The number of aromatic nitrogens is 6. The van der Waals surface area contributed by atoms with Crippen LogP contribution in [0.3, 0.4) is 0 Å². The molecule has 6 rings (SSSR count). The highest BCUT2D eigenvalue weighted by atomic mass is 19.4. The minimum Gasteiger partial charge on any atom is -0.395 e. The topological polar surface area (TPSA) is 117 Å². The molecule has 0 saturated carbocycles. The van der Waals surface area contributed by atoms with E-state index in [1.165, 1.54) is 16.6 Å². The number of ether oxygens (including phenoxy) is 2. The lowest BCUT2D eigenvalue weighted by Gasteiger charge is -2.10. The predicted molar refractivity (Wildman–Crippen MR) is 98.9 cm³/mol. The number of nitrogens with two attached hydrogens (primary N) is 1. The van der Waals surface area contributed by atoms with Gasteiger partial charge >= 0.3 is 12.5 Å². The fourth-order valence-electron chi connectivity index (χ4n) is 3.88. The first kappa shape index (κ1) is 19.8. The summed E-state index contributed by atoms with van der Waals surface area (Å²) in [6.07, 6.45) is -7.29. The van der Waals surface area contributed by atoms with Gasteiger partial charge < -0.3 is 15.2 Å². The molecule has 2 N–H and O–H groups in total. The SMILES string of the molecule is Nc1nc2c3c(ccc2c2nc(CN4Cc5cnc(C(F)(F)F)nc5C4)nn12)OC(F)(F)O3. The molecule has 0 atom stereocenters. The molecule has 5 heterocycles. The lowest BCUT2D eigenvalue weighted by atomic mass is 10.2. The summed E-state index contributed by atoms with van der Waals surface area (Å²) in [5.74, 6) is -1.45. The summed E-state index contributed by atoms with van der Waals surface area (Å²) in [5.41, 5.74) is 7.11. The number of rotatable bonds is 2. The molecule has 4 aromatic rings. The molecular formula is C18H11F5N8O2. The quantitative estimate of drug-likeness (QED) is 0.445. The predicted octanol–water partition coefficient (Wildman–Crippen LogP) is 2.51. The molecule has 0 aliphatic carbocycles. The number of nitrogen functional groups attached to an aromatic ring is 1. The molecule has 10 nitrogen and oxygen atoms in total. The maximum atomic E-state index is 13.5. The van der Waals surface area contributed by atoms with Crippen LogP contribution in [0.15, 0.2) is 18.3 Å². The minimum atomic E-state index is -4.63. The van der Waals surface area contributed by atoms with E-state index in [1.807, 2.05) is 0 Å². The number of hydrogen-bond donors (Lipinski definition) is 1. The van der Waals surface area contributed by atoms with Crippen LogP contribution in [0.2, 0.25) is 0 Å². The van der Waals surface area contributed by atoms with Crippen molar-refractivity contribution in [2.24, 2.45) is 0 Å². The summed E-state index contributed by atoms with van der Waals surface area (Å²) >= 11 is 0. The third kappa shape index (κ3) is 3.14. The largest absolute Gasteiger partial charge is 0.586 e. The van der Waals surface area contributed by atoms with Gasteiger partial charge in [0.25, 0.3) is 0 Å². The van der Waals surface area contributed by atoms with Crippen LogP contribution >= 0.6 is 0 Å². The van der Waals surface area contributed by atoms with Gasteiger partial charge in [0.2, 0.25) is 11.8 Å². The molecule has 0 fully saturated rings. The van der Waals surface area contributed by atoms with E-state index in [2.05, 4.69) is 34.5 Å². The zero-order valence-electron chi connectivity index (χ0n) is 16.3. The van der Waals surface area contributed by atoms with Gasteiger partial charge in [-0.3, -0.25) is 4.90 Å². The molecule has 0 radical (unpaired) electrons. The highest BCUT2D eigenvalue weighted by Crippen LogP contribution is 2.45. The summed E-state index contributed by atoms with van der Waals surface area (Å²) < 4.78 is 75.9. The standard InChI is InChI=1S/C18H11F5N8O2/c19-17(20,21)15-25-3-7-4-30(5-9(7)26-15)6-11-27-14-8-1-2-10-13(33-18(22,23)32-10)12(8)28-16(24)31(14)29-11/h1-3H,4-6H2,(H2,24,28). The number of anilines is 1. The Hall–Kier alpha value is -3.88. The fourth-order valence-corrected chi connectivity index (χ4v) is 3.88. The molecule has 0 saturated heterocycles. The molecule has 0 amide bonds. The van der Waals surface area contributed by atoms with Crippen molar-refractivity contribution in [3.63, 3.8) is 0 Å². The van der Waals surface area contributed by atoms with E-state index in [-0.39, 0.29) is 47.4 Å². The Labute approximate surface area is 179 Å². The van der Waals surface area contributed by atoms with Gasteiger partial charge in [-0.15, -0.1) is 13.9 Å². The number of benzene rings is 1. The molecule has 0 spiro atoms. The molecule has 170 valence electrons. The normalized spacial score (nSPS) is 17.2. The van der Waals surface area contributed by atoms with Crippen LogP contribution in [0, 0.1) is 0 Å². The van der Waals surface area contributed by atoms with Crippen molar-refractivity contribution in [2.45, 2.75) is 32.1 Å². The van der Waals surface area contributed by atoms with Crippen molar-refractivity contribution in [3.05, 3.63) is 41.2 Å². The van der Waals surface area contributed by atoms with Gasteiger partial charge in [-0.25, -0.2) is 19.9 Å². The maximum absolute atomic E-state index is 13.5. The Balaban J connectivity index is 1.33. The first-order valence-electron chi connectivity index (χ1n) is 9.45. The molecule has 2 aliphatic heterocycles. The average molecular weight is 466 g/mol. The van der Waals surface area contributed by atoms with Gasteiger partial charge in [0.15, 0.2) is 23.0 Å². The summed E-state index contributed by atoms with van der Waals surface area (Å²) in [6, 6.07) is 2.79. The second kappa shape index (κ2) is 6.34. The second-order valence-electron chi connectivity index (χ2n) is 7.50. The number of halogens is 5. The van der Waals surface area contributed by atoms with Gasteiger partial charge in [0.1, 0.15) is 5.52 Å². The van der Waals surface area contributed by atoms with Crippen molar-refractivity contribution >= 4 is 22.5 Å². The van der Waals surface area contributed by atoms with Crippen molar-refractivity contribution in [2.75, 3.05) is 5.73 Å². The number of hydrogen-bond acceptors (Lipinski definition) is 9. The Morgan fingerprint density at radius 2 is 1.91 bits per heavy atom. The Kier molecular flexibility index (Phi) is 3.80. The van der Waals surface area contributed by atoms with E-state index in [0.29, 0.717) is 23.3 Å². The molecule has 3 aromatic heterocycles. The summed E-state index contributed by atoms with van der Waals surface area (Å²) in [4.78, 5) is 17.3. The van der Waals surface area contributed by atoms with E-state index in [4.69, 9.17) is 5.73 Å². The van der Waals surface area contributed by atoms with Gasteiger partial charge in [-0.1, -0.05) is 0 Å². The van der Waals surface area contributed by atoms with E-state index < -0.39 is 18.3 Å². The van der Waals surface area contributed by atoms with Crippen molar-refractivity contribution in [1.82, 2.24) is 34.4 Å². The Morgan fingerprint density at radius 1 is 1.09 bits per heavy atom. The first-order chi connectivity index (χ1) is 15.6. The van der Waals surface area contributed by atoms with Crippen molar-refractivity contribution < 1.29 is 31.4 Å². The molecule has 2 aliphatic rings. The zero-order chi connectivity index (χ0) is 23.1. The second-order valence-corrected chi connectivity index (χ2v) is 7.50. The van der Waals surface area contributed by atoms with Crippen LogP contribution in [0.1, 0.15) is 22.9 Å². The number of alkyl halides is 5. The van der Waals surface area contributed by atoms with Crippen LogP contribution in [0.5, 0.6) is 11.5 Å². The average Bonchev–Trinajstić information content (AvgIpc) is 3.40. The summed E-state index contributed by atoms with van der Waals surface area (Å²) in [5, 5.41) is 4.66. The molecule has 0 bridgehead atoms. The van der Waals surface area contributed by atoms with E-state index >= 15 is 0 Å². The lowest BCUT2D eigenvalue weighted by Crippen LogP contribution is -2.26. The summed E-state index contributed by atoms with van der Waals surface area (Å²) in [7, 11) is 0. The Bertz CT molecular complexity index is 1450. The molecule has 0 unspecified atom stereocenters. The van der Waals surface area contributed by atoms with Crippen molar-refractivity contribution in [3.8, 4) is 11.5 Å². The lowest BCUT2D eigenvalue weighted by molar-refractivity contribution is -0.286. The molecular weight excluding hydrogens is 455 g/mol. The molecule has 15 heteroatoms. The van der Waals surface area contributed by atoms with Crippen LogP contribution in [0.4, 0.5) is 27.9 Å². The highest BCUT2D eigenvalue weighted by Gasteiger charge is 2.45.